The molecule has 0 bridgehead atoms. The van der Waals surface area contributed by atoms with Gasteiger partial charge in [-0.2, -0.15) is 18.4 Å². The van der Waals surface area contributed by atoms with Crippen LogP contribution in [-0.4, -0.2) is 30.9 Å². The molecule has 2 aromatic rings. The van der Waals surface area contributed by atoms with Gasteiger partial charge in [0.1, 0.15) is 6.04 Å². The number of carbonyl (C=O) groups is 1. The summed E-state index contributed by atoms with van der Waals surface area (Å²) in [6.07, 6.45) is -4.65. The van der Waals surface area contributed by atoms with Crippen LogP contribution in [-0.2, 0) is 17.5 Å². The first kappa shape index (κ1) is 19.8. The molecule has 2 rings (SSSR count). The van der Waals surface area contributed by atoms with Gasteiger partial charge < -0.3 is 9.80 Å². The van der Waals surface area contributed by atoms with E-state index in [1.165, 1.54) is 22.3 Å². The summed E-state index contributed by atoms with van der Waals surface area (Å²) in [7, 11) is 3.20. The average Bonchev–Trinajstić information content (AvgIpc) is 3.10. The first-order valence-electron chi connectivity index (χ1n) is 7.76. The van der Waals surface area contributed by atoms with Gasteiger partial charge in [-0.25, -0.2) is 0 Å². The van der Waals surface area contributed by atoms with Crippen molar-refractivity contribution in [3.63, 3.8) is 0 Å². The summed E-state index contributed by atoms with van der Waals surface area (Å²) in [6.45, 7) is 1.95. The van der Waals surface area contributed by atoms with E-state index in [4.69, 9.17) is 5.26 Å². The number of rotatable bonds is 5. The summed E-state index contributed by atoms with van der Waals surface area (Å²) >= 11 is 1.46. The Bertz CT molecular complexity index is 810. The van der Waals surface area contributed by atoms with Crippen LogP contribution in [0.15, 0.2) is 35.7 Å². The number of nitrogens with zero attached hydrogens (tertiary/aromatic N) is 3. The number of anilines is 1. The molecule has 0 fully saturated rings. The SMILES string of the molecule is C[C@@H](C(=O)N(C)C)N(Cc1cccs1)c1ccc(C#N)c(C(F)(F)F)c1. The van der Waals surface area contributed by atoms with Crippen molar-refractivity contribution >= 4 is 22.9 Å². The molecular formula is C18H18F3N3OS. The summed E-state index contributed by atoms with van der Waals surface area (Å²) in [5, 5.41) is 10.8. The van der Waals surface area contributed by atoms with E-state index < -0.39 is 23.3 Å². The largest absolute Gasteiger partial charge is 0.417 e. The third kappa shape index (κ3) is 4.35. The number of hydrogen-bond acceptors (Lipinski definition) is 4. The van der Waals surface area contributed by atoms with Crippen LogP contribution >= 0.6 is 11.3 Å². The van der Waals surface area contributed by atoms with E-state index in [2.05, 4.69) is 0 Å². The maximum atomic E-state index is 13.3. The standard InChI is InChI=1S/C18H18F3N3OS/c1-12(17(25)23(2)3)24(11-15-5-4-8-26-15)14-7-6-13(10-22)16(9-14)18(19,20)21/h4-9,12H,11H2,1-3H3/t12-/m0/s1. The molecule has 0 radical (unpaired) electrons. The number of thiophene rings is 1. The van der Waals surface area contributed by atoms with E-state index in [0.717, 1.165) is 17.0 Å². The molecule has 0 spiro atoms. The molecule has 0 saturated heterocycles. The Kier molecular flexibility index (Phi) is 5.93. The van der Waals surface area contributed by atoms with Crippen LogP contribution in [0.5, 0.6) is 0 Å². The van der Waals surface area contributed by atoms with E-state index in [1.807, 2.05) is 17.5 Å². The number of halogens is 3. The molecule has 0 aliphatic heterocycles. The van der Waals surface area contributed by atoms with E-state index in [0.29, 0.717) is 6.54 Å². The number of amides is 1. The van der Waals surface area contributed by atoms with E-state index >= 15 is 0 Å². The fourth-order valence-electron chi connectivity index (χ4n) is 2.57. The van der Waals surface area contributed by atoms with Gasteiger partial charge in [0.25, 0.3) is 0 Å². The van der Waals surface area contributed by atoms with Crippen molar-refractivity contribution in [3.05, 3.63) is 51.7 Å². The van der Waals surface area contributed by atoms with Crippen LogP contribution in [0, 0.1) is 11.3 Å². The van der Waals surface area contributed by atoms with Gasteiger partial charge in [0.2, 0.25) is 5.91 Å². The minimum Gasteiger partial charge on any atom is -0.355 e. The number of alkyl halides is 3. The highest BCUT2D eigenvalue weighted by Gasteiger charge is 2.35. The van der Waals surface area contributed by atoms with Gasteiger partial charge in [-0.15, -0.1) is 11.3 Å². The van der Waals surface area contributed by atoms with Crippen LogP contribution < -0.4 is 4.90 Å². The first-order valence-corrected chi connectivity index (χ1v) is 8.64. The van der Waals surface area contributed by atoms with Crippen molar-refractivity contribution in [1.82, 2.24) is 4.90 Å². The third-order valence-corrected chi connectivity index (χ3v) is 4.79. The fourth-order valence-corrected chi connectivity index (χ4v) is 3.27. The Labute approximate surface area is 154 Å². The summed E-state index contributed by atoms with van der Waals surface area (Å²) in [6, 6.07) is 8.14. The summed E-state index contributed by atoms with van der Waals surface area (Å²) in [4.78, 5) is 16.3. The van der Waals surface area contributed by atoms with Gasteiger partial charge in [0.15, 0.2) is 0 Å². The van der Waals surface area contributed by atoms with E-state index in [-0.39, 0.29) is 11.6 Å². The van der Waals surface area contributed by atoms with Crippen molar-refractivity contribution in [3.8, 4) is 6.07 Å². The lowest BCUT2D eigenvalue weighted by Gasteiger charge is -2.32. The van der Waals surface area contributed by atoms with Crippen molar-refractivity contribution in [2.45, 2.75) is 25.7 Å². The van der Waals surface area contributed by atoms with Crippen molar-refractivity contribution in [1.29, 1.82) is 5.26 Å². The third-order valence-electron chi connectivity index (χ3n) is 3.93. The minimum atomic E-state index is -4.65. The molecule has 4 nitrogen and oxygen atoms in total. The average molecular weight is 381 g/mol. The minimum absolute atomic E-state index is 0.223. The van der Waals surface area contributed by atoms with Gasteiger partial charge in [0.05, 0.1) is 23.7 Å². The van der Waals surface area contributed by atoms with Crippen LogP contribution in [0.2, 0.25) is 0 Å². The summed E-state index contributed by atoms with van der Waals surface area (Å²) in [5.41, 5.74) is -1.20. The molecule has 0 aliphatic rings. The number of nitriles is 1. The molecule has 26 heavy (non-hydrogen) atoms. The molecule has 1 atom stereocenters. The molecule has 1 aromatic heterocycles. The highest BCUT2D eigenvalue weighted by atomic mass is 32.1. The molecule has 0 N–H and O–H groups in total. The zero-order valence-electron chi connectivity index (χ0n) is 14.5. The predicted octanol–water partition coefficient (Wildman–Crippen LogP) is 4.12. The number of benzene rings is 1. The van der Waals surface area contributed by atoms with Gasteiger partial charge in [0, 0.05) is 24.7 Å². The molecule has 138 valence electrons. The highest BCUT2D eigenvalue weighted by Crippen LogP contribution is 2.35. The molecule has 8 heteroatoms. The van der Waals surface area contributed by atoms with Crippen molar-refractivity contribution in [2.24, 2.45) is 0 Å². The Hall–Kier alpha value is -2.53. The van der Waals surface area contributed by atoms with Gasteiger partial charge >= 0.3 is 6.18 Å². The number of hydrogen-bond donors (Lipinski definition) is 0. The molecule has 0 unspecified atom stereocenters. The number of likely N-dealkylation sites (N-methyl/N-ethyl adjacent to an activating group) is 1. The van der Waals surface area contributed by atoms with Gasteiger partial charge in [-0.05, 0) is 36.6 Å². The van der Waals surface area contributed by atoms with Crippen molar-refractivity contribution in [2.75, 3.05) is 19.0 Å². The molecule has 1 heterocycles. The lowest BCUT2D eigenvalue weighted by atomic mass is 10.1. The van der Waals surface area contributed by atoms with Crippen LogP contribution in [0.25, 0.3) is 0 Å². The lowest BCUT2D eigenvalue weighted by molar-refractivity contribution is -0.137. The highest BCUT2D eigenvalue weighted by molar-refractivity contribution is 7.09. The summed E-state index contributed by atoms with van der Waals surface area (Å²) in [5.74, 6) is -0.223. The Balaban J connectivity index is 2.51. The van der Waals surface area contributed by atoms with Crippen LogP contribution in [0.3, 0.4) is 0 Å². The number of carbonyl (C=O) groups excluding carboxylic acids is 1. The molecule has 0 aliphatic carbocycles. The second-order valence-electron chi connectivity index (χ2n) is 5.96. The Morgan fingerprint density at radius 1 is 1.31 bits per heavy atom. The quantitative estimate of drug-likeness (QED) is 0.783. The zero-order chi connectivity index (χ0) is 19.5. The maximum Gasteiger partial charge on any atom is 0.417 e. The zero-order valence-corrected chi connectivity index (χ0v) is 15.4. The molecule has 1 aromatic carbocycles. The molecule has 0 saturated carbocycles. The fraction of sp³-hybridized carbons (Fsp3) is 0.333. The Morgan fingerprint density at radius 3 is 2.50 bits per heavy atom. The maximum absolute atomic E-state index is 13.3. The lowest BCUT2D eigenvalue weighted by Crippen LogP contribution is -2.44. The topological polar surface area (TPSA) is 47.3 Å². The second kappa shape index (κ2) is 7.79. The normalized spacial score (nSPS) is 12.3. The second-order valence-corrected chi connectivity index (χ2v) is 6.99. The van der Waals surface area contributed by atoms with Crippen LogP contribution in [0.4, 0.5) is 18.9 Å². The smallest absolute Gasteiger partial charge is 0.355 e. The summed E-state index contributed by atoms with van der Waals surface area (Å²) < 4.78 is 39.9. The first-order chi connectivity index (χ1) is 12.1. The monoisotopic (exact) mass is 381 g/mol. The van der Waals surface area contributed by atoms with Crippen LogP contribution in [0.1, 0.15) is 22.9 Å². The van der Waals surface area contributed by atoms with Gasteiger partial charge in [-0.3, -0.25) is 4.79 Å². The van der Waals surface area contributed by atoms with Gasteiger partial charge in [-0.1, -0.05) is 6.07 Å². The van der Waals surface area contributed by atoms with Crippen molar-refractivity contribution < 1.29 is 18.0 Å². The Morgan fingerprint density at radius 2 is 2.00 bits per heavy atom. The predicted molar refractivity (Wildman–Crippen MR) is 94.8 cm³/mol. The van der Waals surface area contributed by atoms with E-state index in [9.17, 15) is 18.0 Å². The molecular weight excluding hydrogens is 363 g/mol. The van der Waals surface area contributed by atoms with E-state index in [1.54, 1.807) is 32.0 Å². The molecule has 1 amide bonds.